The molecule has 8 nitrogen and oxygen atoms in total. The summed E-state index contributed by atoms with van der Waals surface area (Å²) in [6.45, 7) is 0.965. The number of carbonyl (C=O) groups excluding carboxylic acids is 1. The molecule has 3 rings (SSSR count). The highest BCUT2D eigenvalue weighted by atomic mass is 32.1. The van der Waals surface area contributed by atoms with Gasteiger partial charge in [-0.1, -0.05) is 5.16 Å². The van der Waals surface area contributed by atoms with Crippen LogP contribution in [0.1, 0.15) is 25.2 Å². The van der Waals surface area contributed by atoms with Crippen molar-refractivity contribution < 1.29 is 18.8 Å². The molecular weight excluding hydrogens is 320 g/mol. The fourth-order valence-electron chi connectivity index (χ4n) is 2.49. The minimum absolute atomic E-state index is 0.0239. The van der Waals surface area contributed by atoms with Crippen LogP contribution in [0.2, 0.25) is 0 Å². The standard InChI is InChI=1S/C14H18N4O4S/c1-20-9-5-3-4-6-18(14(9)19)8-12-15-13(16-22-12)10-7-11(21-2)17-23-10/h7,9H,3-6,8H2,1-2H3. The van der Waals surface area contributed by atoms with Crippen LogP contribution >= 0.6 is 11.5 Å². The van der Waals surface area contributed by atoms with E-state index >= 15 is 0 Å². The van der Waals surface area contributed by atoms with Crippen molar-refractivity contribution in [3.63, 3.8) is 0 Å². The van der Waals surface area contributed by atoms with Crippen molar-refractivity contribution in [2.75, 3.05) is 20.8 Å². The average Bonchev–Trinajstić information content (AvgIpc) is 3.18. The summed E-state index contributed by atoms with van der Waals surface area (Å²) in [6, 6.07) is 1.75. The molecule has 9 heteroatoms. The number of likely N-dealkylation sites (tertiary alicyclic amines) is 1. The Morgan fingerprint density at radius 1 is 1.43 bits per heavy atom. The van der Waals surface area contributed by atoms with Gasteiger partial charge < -0.3 is 18.9 Å². The van der Waals surface area contributed by atoms with Crippen LogP contribution in [0.15, 0.2) is 10.6 Å². The van der Waals surface area contributed by atoms with Gasteiger partial charge in [-0.25, -0.2) is 0 Å². The minimum Gasteiger partial charge on any atom is -0.480 e. The van der Waals surface area contributed by atoms with Crippen molar-refractivity contribution in [2.45, 2.75) is 31.9 Å². The zero-order valence-corrected chi connectivity index (χ0v) is 13.8. The summed E-state index contributed by atoms with van der Waals surface area (Å²) in [6.07, 6.45) is 2.28. The van der Waals surface area contributed by atoms with Gasteiger partial charge in [-0.15, -0.1) is 0 Å². The Morgan fingerprint density at radius 3 is 3.04 bits per heavy atom. The molecule has 1 unspecified atom stereocenters. The van der Waals surface area contributed by atoms with Crippen molar-refractivity contribution >= 4 is 17.4 Å². The van der Waals surface area contributed by atoms with Gasteiger partial charge in [-0.2, -0.15) is 9.36 Å². The summed E-state index contributed by atoms with van der Waals surface area (Å²) in [4.78, 5) is 19.2. The van der Waals surface area contributed by atoms with Gasteiger partial charge in [0.05, 0.1) is 12.0 Å². The first-order valence-corrected chi connectivity index (χ1v) is 8.14. The summed E-state index contributed by atoms with van der Waals surface area (Å²) in [5.74, 6) is 1.34. The van der Waals surface area contributed by atoms with E-state index in [0.29, 0.717) is 30.7 Å². The third-order valence-corrected chi connectivity index (χ3v) is 4.50. The van der Waals surface area contributed by atoms with Gasteiger partial charge in [0.25, 0.3) is 5.91 Å². The highest BCUT2D eigenvalue weighted by Crippen LogP contribution is 2.26. The van der Waals surface area contributed by atoms with Gasteiger partial charge in [0, 0.05) is 19.7 Å². The molecule has 0 bridgehead atoms. The molecule has 0 N–H and O–H groups in total. The van der Waals surface area contributed by atoms with E-state index in [1.807, 2.05) is 0 Å². The summed E-state index contributed by atoms with van der Waals surface area (Å²) in [5, 5.41) is 3.95. The molecule has 1 atom stereocenters. The number of rotatable bonds is 5. The fraction of sp³-hybridized carbons (Fsp3) is 0.571. The van der Waals surface area contributed by atoms with E-state index in [0.717, 1.165) is 24.1 Å². The Hall–Kier alpha value is -2.00. The predicted molar refractivity (Wildman–Crippen MR) is 82.0 cm³/mol. The normalized spacial score (nSPS) is 19.0. The molecule has 3 heterocycles. The first-order valence-electron chi connectivity index (χ1n) is 7.36. The number of hydrogen-bond acceptors (Lipinski definition) is 8. The Kier molecular flexibility index (Phi) is 4.87. The van der Waals surface area contributed by atoms with Gasteiger partial charge in [0.2, 0.25) is 17.6 Å². The fourth-order valence-corrected chi connectivity index (χ4v) is 3.12. The monoisotopic (exact) mass is 338 g/mol. The molecule has 0 aliphatic carbocycles. The second-order valence-corrected chi connectivity index (χ2v) is 6.03. The van der Waals surface area contributed by atoms with E-state index in [2.05, 4.69) is 14.5 Å². The molecule has 0 spiro atoms. The quantitative estimate of drug-likeness (QED) is 0.820. The van der Waals surface area contributed by atoms with Crippen LogP contribution in [0.5, 0.6) is 5.88 Å². The highest BCUT2D eigenvalue weighted by Gasteiger charge is 2.28. The van der Waals surface area contributed by atoms with Gasteiger partial charge in [-0.3, -0.25) is 4.79 Å². The maximum Gasteiger partial charge on any atom is 0.252 e. The number of ether oxygens (including phenoxy) is 2. The van der Waals surface area contributed by atoms with Gasteiger partial charge >= 0.3 is 0 Å². The molecule has 1 amide bonds. The topological polar surface area (TPSA) is 90.6 Å². The van der Waals surface area contributed by atoms with Crippen LogP contribution in [0.25, 0.3) is 10.7 Å². The highest BCUT2D eigenvalue weighted by molar-refractivity contribution is 7.09. The molecule has 23 heavy (non-hydrogen) atoms. The van der Waals surface area contributed by atoms with Crippen LogP contribution in [0.4, 0.5) is 0 Å². The number of carbonyl (C=O) groups is 1. The minimum atomic E-state index is -0.384. The maximum absolute atomic E-state index is 12.4. The van der Waals surface area contributed by atoms with E-state index in [1.165, 1.54) is 11.5 Å². The third kappa shape index (κ3) is 3.50. The third-order valence-electron chi connectivity index (χ3n) is 3.73. The van der Waals surface area contributed by atoms with Crippen LogP contribution in [0.3, 0.4) is 0 Å². The number of nitrogens with zero attached hydrogens (tertiary/aromatic N) is 4. The molecule has 1 saturated heterocycles. The largest absolute Gasteiger partial charge is 0.480 e. The Labute approximate surface area is 137 Å². The van der Waals surface area contributed by atoms with E-state index in [9.17, 15) is 4.79 Å². The second-order valence-electron chi connectivity index (χ2n) is 5.23. The molecule has 0 radical (unpaired) electrons. The summed E-state index contributed by atoms with van der Waals surface area (Å²) >= 11 is 1.23. The molecule has 1 aliphatic rings. The van der Waals surface area contributed by atoms with Crippen LogP contribution in [-0.4, -0.2) is 52.2 Å². The zero-order chi connectivity index (χ0) is 16.2. The van der Waals surface area contributed by atoms with Crippen molar-refractivity contribution in [1.82, 2.24) is 19.4 Å². The summed E-state index contributed by atoms with van der Waals surface area (Å²) in [7, 11) is 3.12. The van der Waals surface area contributed by atoms with Crippen molar-refractivity contribution in [2.24, 2.45) is 0 Å². The molecule has 2 aromatic rings. The van der Waals surface area contributed by atoms with E-state index in [4.69, 9.17) is 14.0 Å². The SMILES string of the molecule is COc1cc(-c2noc(CN3CCCCC(OC)C3=O)n2)sn1. The molecule has 1 aliphatic heterocycles. The Bertz CT molecular complexity index is 671. The van der Waals surface area contributed by atoms with Gasteiger partial charge in [-0.05, 0) is 30.8 Å². The summed E-state index contributed by atoms with van der Waals surface area (Å²) in [5.41, 5.74) is 0. The lowest BCUT2D eigenvalue weighted by molar-refractivity contribution is -0.142. The second kappa shape index (κ2) is 7.05. The smallest absolute Gasteiger partial charge is 0.252 e. The van der Waals surface area contributed by atoms with Crippen molar-refractivity contribution in [1.29, 1.82) is 0 Å². The van der Waals surface area contributed by atoms with Crippen LogP contribution < -0.4 is 4.74 Å². The molecule has 124 valence electrons. The van der Waals surface area contributed by atoms with Crippen molar-refractivity contribution in [3.8, 4) is 16.6 Å². The molecule has 0 saturated carbocycles. The average molecular weight is 338 g/mol. The molecule has 0 aromatic carbocycles. The first-order chi connectivity index (χ1) is 11.2. The first kappa shape index (κ1) is 15.9. The van der Waals surface area contributed by atoms with E-state index in [-0.39, 0.29) is 12.0 Å². The van der Waals surface area contributed by atoms with Gasteiger partial charge in [0.1, 0.15) is 12.6 Å². The maximum atomic E-state index is 12.4. The lowest BCUT2D eigenvalue weighted by Gasteiger charge is -2.21. The van der Waals surface area contributed by atoms with Crippen LogP contribution in [0, 0.1) is 0 Å². The zero-order valence-electron chi connectivity index (χ0n) is 13.0. The molecular formula is C14H18N4O4S. The van der Waals surface area contributed by atoms with Gasteiger partial charge in [0.15, 0.2) is 0 Å². The number of aromatic nitrogens is 3. The Balaban J connectivity index is 1.71. The van der Waals surface area contributed by atoms with E-state index in [1.54, 1.807) is 25.2 Å². The lowest BCUT2D eigenvalue weighted by Crippen LogP contribution is -2.38. The predicted octanol–water partition coefficient (Wildman–Crippen LogP) is 1.73. The number of hydrogen-bond donors (Lipinski definition) is 0. The Morgan fingerprint density at radius 2 is 2.30 bits per heavy atom. The van der Waals surface area contributed by atoms with Crippen molar-refractivity contribution in [3.05, 3.63) is 12.0 Å². The number of methoxy groups -OCH3 is 2. The van der Waals surface area contributed by atoms with E-state index < -0.39 is 0 Å². The van der Waals surface area contributed by atoms with Crippen LogP contribution in [-0.2, 0) is 16.1 Å². The molecule has 1 fully saturated rings. The lowest BCUT2D eigenvalue weighted by atomic mass is 10.2. The summed E-state index contributed by atoms with van der Waals surface area (Å²) < 4.78 is 19.7. The molecule has 2 aromatic heterocycles. The number of amides is 1.